The van der Waals surface area contributed by atoms with Gasteiger partial charge in [-0.1, -0.05) is 17.7 Å². The van der Waals surface area contributed by atoms with Gasteiger partial charge in [0.2, 0.25) is 0 Å². The monoisotopic (exact) mass is 289 g/mol. The van der Waals surface area contributed by atoms with Crippen LogP contribution in [-0.4, -0.2) is 18.4 Å². The zero-order chi connectivity index (χ0) is 14.1. The number of benzene rings is 2. The lowest BCUT2D eigenvalue weighted by Crippen LogP contribution is -2.40. The Morgan fingerprint density at radius 1 is 1.20 bits per heavy atom. The summed E-state index contributed by atoms with van der Waals surface area (Å²) in [7, 11) is 0. The minimum Gasteiger partial charge on any atom is -0.487 e. The molecule has 0 bridgehead atoms. The normalized spacial score (nSPS) is 17.3. The number of carbonyl (C=O) groups excluding carboxylic acids is 1. The third-order valence-electron chi connectivity index (χ3n) is 3.03. The van der Waals surface area contributed by atoms with Crippen LogP contribution < -0.4 is 15.2 Å². The van der Waals surface area contributed by atoms with Gasteiger partial charge in [0.1, 0.15) is 18.4 Å². The first kappa shape index (κ1) is 13.0. The van der Waals surface area contributed by atoms with Crippen molar-refractivity contribution >= 4 is 17.4 Å². The van der Waals surface area contributed by atoms with Crippen molar-refractivity contribution in [2.45, 2.75) is 6.04 Å². The predicted octanol–water partition coefficient (Wildman–Crippen LogP) is 3.03. The standard InChI is InChI=1S/C15H12ClNO3/c16-9-4-6-10(7-5-9)20-13-3-1-2-11-14(18)12(17)8-19-15(11)13/h1-7,12H,8,17H2. The molecule has 0 fully saturated rings. The van der Waals surface area contributed by atoms with Crippen LogP contribution in [-0.2, 0) is 0 Å². The van der Waals surface area contributed by atoms with Gasteiger partial charge in [0.05, 0.1) is 5.56 Å². The summed E-state index contributed by atoms with van der Waals surface area (Å²) < 4.78 is 11.3. The van der Waals surface area contributed by atoms with Crippen LogP contribution in [0.4, 0.5) is 0 Å². The maximum atomic E-state index is 12.0. The summed E-state index contributed by atoms with van der Waals surface area (Å²) in [5.74, 6) is 1.42. The quantitative estimate of drug-likeness (QED) is 0.923. The molecule has 3 rings (SSSR count). The number of hydrogen-bond acceptors (Lipinski definition) is 4. The van der Waals surface area contributed by atoms with E-state index in [4.69, 9.17) is 26.8 Å². The van der Waals surface area contributed by atoms with Crippen LogP contribution in [0.3, 0.4) is 0 Å². The topological polar surface area (TPSA) is 61.6 Å². The maximum absolute atomic E-state index is 12.0. The van der Waals surface area contributed by atoms with Crippen LogP contribution in [0.2, 0.25) is 5.02 Å². The van der Waals surface area contributed by atoms with E-state index in [1.165, 1.54) is 0 Å². The van der Waals surface area contributed by atoms with Crippen molar-refractivity contribution in [2.75, 3.05) is 6.61 Å². The van der Waals surface area contributed by atoms with Crippen molar-refractivity contribution in [2.24, 2.45) is 5.73 Å². The molecule has 1 heterocycles. The van der Waals surface area contributed by atoms with Crippen LogP contribution in [0.5, 0.6) is 17.2 Å². The smallest absolute Gasteiger partial charge is 0.186 e. The van der Waals surface area contributed by atoms with E-state index in [-0.39, 0.29) is 12.4 Å². The highest BCUT2D eigenvalue weighted by molar-refractivity contribution is 6.30. The Bertz CT molecular complexity index is 655. The summed E-state index contributed by atoms with van der Waals surface area (Å²) in [6.45, 7) is 0.160. The van der Waals surface area contributed by atoms with Gasteiger partial charge in [-0.2, -0.15) is 0 Å². The number of nitrogens with two attached hydrogens (primary N) is 1. The Labute approximate surface area is 121 Å². The number of fused-ring (bicyclic) bond motifs is 1. The second-order valence-electron chi connectivity index (χ2n) is 4.47. The average Bonchev–Trinajstić information content (AvgIpc) is 2.46. The molecule has 102 valence electrons. The third kappa shape index (κ3) is 2.35. The van der Waals surface area contributed by atoms with Crippen molar-refractivity contribution < 1.29 is 14.3 Å². The molecule has 0 saturated heterocycles. The molecular formula is C15H12ClNO3. The predicted molar refractivity (Wildman–Crippen MR) is 75.8 cm³/mol. The van der Waals surface area contributed by atoms with Crippen molar-refractivity contribution in [1.82, 2.24) is 0 Å². The second kappa shape index (κ2) is 5.15. The molecule has 1 aliphatic heterocycles. The Kier molecular flexibility index (Phi) is 3.34. The van der Waals surface area contributed by atoms with E-state index < -0.39 is 6.04 Å². The zero-order valence-electron chi connectivity index (χ0n) is 10.5. The van der Waals surface area contributed by atoms with E-state index in [1.807, 2.05) is 0 Å². The molecule has 1 unspecified atom stereocenters. The summed E-state index contributed by atoms with van der Waals surface area (Å²) in [5.41, 5.74) is 6.14. The van der Waals surface area contributed by atoms with Crippen molar-refractivity contribution in [1.29, 1.82) is 0 Å². The first-order chi connectivity index (χ1) is 9.65. The molecule has 0 spiro atoms. The number of rotatable bonds is 2. The first-order valence-electron chi connectivity index (χ1n) is 6.14. The molecule has 20 heavy (non-hydrogen) atoms. The van der Waals surface area contributed by atoms with Crippen molar-refractivity contribution in [3.05, 3.63) is 53.1 Å². The minimum absolute atomic E-state index is 0.132. The number of para-hydroxylation sites is 1. The molecular weight excluding hydrogens is 278 g/mol. The lowest BCUT2D eigenvalue weighted by atomic mass is 10.0. The van der Waals surface area contributed by atoms with Crippen LogP contribution in [0.25, 0.3) is 0 Å². The fourth-order valence-corrected chi connectivity index (χ4v) is 2.14. The van der Waals surface area contributed by atoms with Crippen LogP contribution >= 0.6 is 11.6 Å². The number of hydrogen-bond donors (Lipinski definition) is 1. The molecule has 5 heteroatoms. The molecule has 4 nitrogen and oxygen atoms in total. The number of ether oxygens (including phenoxy) is 2. The Hall–Kier alpha value is -2.04. The summed E-state index contributed by atoms with van der Waals surface area (Å²) in [6, 6.07) is 11.5. The SMILES string of the molecule is NC1COc2c(Oc3ccc(Cl)cc3)cccc2C1=O. The molecule has 0 aromatic heterocycles. The molecule has 0 amide bonds. The van der Waals surface area contributed by atoms with Gasteiger partial charge in [0.25, 0.3) is 0 Å². The fourth-order valence-electron chi connectivity index (χ4n) is 2.02. The zero-order valence-corrected chi connectivity index (χ0v) is 11.3. The molecule has 0 saturated carbocycles. The van der Waals surface area contributed by atoms with Gasteiger partial charge in [-0.25, -0.2) is 0 Å². The van der Waals surface area contributed by atoms with Gasteiger partial charge < -0.3 is 15.2 Å². The lowest BCUT2D eigenvalue weighted by molar-refractivity contribution is 0.0897. The largest absolute Gasteiger partial charge is 0.487 e. The minimum atomic E-state index is -0.617. The van der Waals surface area contributed by atoms with Gasteiger partial charge in [-0.05, 0) is 36.4 Å². The fraction of sp³-hybridized carbons (Fsp3) is 0.133. The summed E-state index contributed by atoms with van der Waals surface area (Å²) >= 11 is 5.83. The van der Waals surface area contributed by atoms with E-state index in [0.717, 1.165) is 0 Å². The Morgan fingerprint density at radius 2 is 1.95 bits per heavy atom. The van der Waals surface area contributed by atoms with E-state index in [1.54, 1.807) is 42.5 Å². The highest BCUT2D eigenvalue weighted by Crippen LogP contribution is 2.37. The van der Waals surface area contributed by atoms with Crippen molar-refractivity contribution in [3.8, 4) is 17.2 Å². The average molecular weight is 290 g/mol. The molecule has 0 radical (unpaired) electrons. The highest BCUT2D eigenvalue weighted by atomic mass is 35.5. The lowest BCUT2D eigenvalue weighted by Gasteiger charge is -2.23. The van der Waals surface area contributed by atoms with Crippen LogP contribution in [0.15, 0.2) is 42.5 Å². The van der Waals surface area contributed by atoms with Crippen LogP contribution in [0.1, 0.15) is 10.4 Å². The number of carbonyl (C=O) groups is 1. The molecule has 2 aromatic rings. The molecule has 2 aromatic carbocycles. The molecule has 0 aliphatic carbocycles. The Morgan fingerprint density at radius 3 is 2.70 bits per heavy atom. The van der Waals surface area contributed by atoms with Crippen molar-refractivity contribution in [3.63, 3.8) is 0 Å². The second-order valence-corrected chi connectivity index (χ2v) is 4.91. The van der Waals surface area contributed by atoms with E-state index in [9.17, 15) is 4.79 Å². The summed E-state index contributed by atoms with van der Waals surface area (Å²) in [4.78, 5) is 12.0. The van der Waals surface area contributed by atoms with Gasteiger partial charge in [-0.3, -0.25) is 4.79 Å². The van der Waals surface area contributed by atoms with E-state index in [2.05, 4.69) is 0 Å². The highest BCUT2D eigenvalue weighted by Gasteiger charge is 2.28. The summed E-state index contributed by atoms with van der Waals surface area (Å²) in [5, 5.41) is 0.629. The van der Waals surface area contributed by atoms with Gasteiger partial charge in [0, 0.05) is 5.02 Å². The van der Waals surface area contributed by atoms with Gasteiger partial charge >= 0.3 is 0 Å². The van der Waals surface area contributed by atoms with Gasteiger partial charge in [-0.15, -0.1) is 0 Å². The van der Waals surface area contributed by atoms with E-state index >= 15 is 0 Å². The van der Waals surface area contributed by atoms with E-state index in [0.29, 0.717) is 27.8 Å². The molecule has 1 atom stereocenters. The maximum Gasteiger partial charge on any atom is 0.186 e. The van der Waals surface area contributed by atoms with Crippen LogP contribution in [0, 0.1) is 0 Å². The Balaban J connectivity index is 1.95. The van der Waals surface area contributed by atoms with Gasteiger partial charge in [0.15, 0.2) is 17.3 Å². The number of halogens is 1. The third-order valence-corrected chi connectivity index (χ3v) is 3.28. The number of Topliss-reactive ketones (excluding diaryl/α,β-unsaturated/α-hetero) is 1. The molecule has 1 aliphatic rings. The summed E-state index contributed by atoms with van der Waals surface area (Å²) in [6.07, 6.45) is 0. The molecule has 2 N–H and O–H groups in total. The first-order valence-corrected chi connectivity index (χ1v) is 6.52. The number of ketones is 1.